The van der Waals surface area contributed by atoms with Gasteiger partial charge in [-0.25, -0.2) is 4.52 Å². The van der Waals surface area contributed by atoms with E-state index in [0.717, 1.165) is 17.1 Å². The molecule has 3 aromatic heterocycles. The van der Waals surface area contributed by atoms with Crippen molar-refractivity contribution in [1.82, 2.24) is 19.5 Å². The zero-order valence-electron chi connectivity index (χ0n) is 9.61. The average molecular weight is 260 g/mol. The van der Waals surface area contributed by atoms with Crippen molar-refractivity contribution < 1.29 is 4.79 Å². The van der Waals surface area contributed by atoms with Gasteiger partial charge in [-0.05, 0) is 11.4 Å². The molecular formula is C12H12N4OS. The lowest BCUT2D eigenvalue weighted by atomic mass is 10.4. The molecule has 0 saturated heterocycles. The number of hydrogen-bond acceptors (Lipinski definition) is 3. The van der Waals surface area contributed by atoms with Gasteiger partial charge in [-0.1, -0.05) is 6.07 Å². The van der Waals surface area contributed by atoms with E-state index in [2.05, 4.69) is 15.0 Å². The molecule has 0 atom stereocenters. The predicted octanol–water partition coefficient (Wildman–Crippen LogP) is 1.63. The number of aromatic nitrogens is 3. The minimum Gasteiger partial charge on any atom is -0.350 e. The third-order valence-corrected chi connectivity index (χ3v) is 3.58. The maximum absolute atomic E-state index is 11.7. The number of fused-ring (bicyclic) bond motifs is 1. The van der Waals surface area contributed by atoms with Gasteiger partial charge < -0.3 is 9.88 Å². The molecule has 6 heteroatoms. The lowest BCUT2D eigenvalue weighted by Gasteiger charge is -2.05. The molecule has 0 aliphatic carbocycles. The summed E-state index contributed by atoms with van der Waals surface area (Å²) in [5, 5.41) is 8.93. The summed E-state index contributed by atoms with van der Waals surface area (Å²) >= 11 is 1.45. The average Bonchev–Trinajstić information content (AvgIpc) is 3.07. The Balaban J connectivity index is 1.59. The zero-order valence-corrected chi connectivity index (χ0v) is 10.4. The van der Waals surface area contributed by atoms with E-state index in [0.29, 0.717) is 6.54 Å². The fourth-order valence-electron chi connectivity index (χ4n) is 1.84. The van der Waals surface area contributed by atoms with Gasteiger partial charge in [0.05, 0.1) is 11.1 Å². The van der Waals surface area contributed by atoms with Crippen LogP contribution >= 0.6 is 11.3 Å². The van der Waals surface area contributed by atoms with E-state index < -0.39 is 0 Å². The van der Waals surface area contributed by atoms with Gasteiger partial charge in [-0.15, -0.1) is 11.3 Å². The van der Waals surface area contributed by atoms with E-state index in [1.54, 1.807) is 10.7 Å². The number of rotatable bonds is 4. The normalized spacial score (nSPS) is 10.9. The van der Waals surface area contributed by atoms with E-state index >= 15 is 0 Å². The third-order valence-electron chi connectivity index (χ3n) is 2.71. The lowest BCUT2D eigenvalue weighted by Crippen LogP contribution is -2.26. The molecule has 0 aromatic carbocycles. The van der Waals surface area contributed by atoms with E-state index in [9.17, 15) is 4.79 Å². The van der Waals surface area contributed by atoms with E-state index in [4.69, 9.17) is 0 Å². The maximum atomic E-state index is 11.7. The molecule has 0 bridgehead atoms. The Morgan fingerprint density at radius 2 is 2.33 bits per heavy atom. The predicted molar refractivity (Wildman–Crippen MR) is 69.8 cm³/mol. The molecule has 3 aromatic rings. The van der Waals surface area contributed by atoms with E-state index in [1.165, 1.54) is 11.3 Å². The van der Waals surface area contributed by atoms with Crippen LogP contribution in [0.4, 0.5) is 0 Å². The van der Waals surface area contributed by atoms with Crippen LogP contribution in [-0.2, 0) is 6.54 Å². The Bertz CT molecular complexity index is 653. The van der Waals surface area contributed by atoms with E-state index in [1.807, 2.05) is 36.0 Å². The summed E-state index contributed by atoms with van der Waals surface area (Å²) in [6.45, 7) is 1.34. The van der Waals surface area contributed by atoms with E-state index in [-0.39, 0.29) is 5.91 Å². The van der Waals surface area contributed by atoms with Crippen molar-refractivity contribution in [2.24, 2.45) is 0 Å². The number of thiophene rings is 1. The number of amides is 1. The van der Waals surface area contributed by atoms with Crippen LogP contribution in [0.3, 0.4) is 0 Å². The monoisotopic (exact) mass is 260 g/mol. The highest BCUT2D eigenvalue weighted by Gasteiger charge is 2.06. The summed E-state index contributed by atoms with van der Waals surface area (Å²) in [6, 6.07) is 5.65. The second-order valence-electron chi connectivity index (χ2n) is 3.86. The molecule has 0 saturated carbocycles. The number of imidazole rings is 1. The van der Waals surface area contributed by atoms with Gasteiger partial charge in [-0.2, -0.15) is 5.10 Å². The van der Waals surface area contributed by atoms with Crippen molar-refractivity contribution in [3.8, 4) is 0 Å². The first kappa shape index (κ1) is 11.0. The molecule has 0 aliphatic heterocycles. The summed E-state index contributed by atoms with van der Waals surface area (Å²) in [5.41, 5.74) is 1.03. The number of carbonyl (C=O) groups excluding carboxylic acids is 1. The molecule has 0 aliphatic rings. The molecule has 0 unspecified atom stereocenters. The van der Waals surface area contributed by atoms with Crippen LogP contribution in [0.25, 0.3) is 5.65 Å². The second kappa shape index (κ2) is 4.66. The van der Waals surface area contributed by atoms with Crippen LogP contribution in [0.2, 0.25) is 0 Å². The van der Waals surface area contributed by atoms with Crippen LogP contribution in [0, 0.1) is 0 Å². The minimum absolute atomic E-state index is 0.0123. The number of hydrogen-bond donors (Lipinski definition) is 1. The van der Waals surface area contributed by atoms with Crippen molar-refractivity contribution in [1.29, 1.82) is 0 Å². The minimum atomic E-state index is -0.0123. The Morgan fingerprint density at radius 3 is 3.17 bits per heavy atom. The van der Waals surface area contributed by atoms with Crippen LogP contribution in [-0.4, -0.2) is 26.6 Å². The Hall–Kier alpha value is -2.08. The van der Waals surface area contributed by atoms with Gasteiger partial charge in [0.1, 0.15) is 5.65 Å². The summed E-state index contributed by atoms with van der Waals surface area (Å²) in [4.78, 5) is 12.5. The van der Waals surface area contributed by atoms with Gasteiger partial charge in [0, 0.05) is 31.5 Å². The Labute approximate surface area is 108 Å². The fraction of sp³-hybridized carbons (Fsp3) is 0.167. The highest BCUT2D eigenvalue weighted by atomic mass is 32.1. The standard InChI is InChI=1S/C12H12N4OS/c17-12(10-2-1-9-18-10)13-5-6-15-7-8-16-11(15)3-4-14-16/h1-4,7-9H,5-6H2,(H,13,17). The van der Waals surface area contributed by atoms with Gasteiger partial charge in [0.2, 0.25) is 0 Å². The quantitative estimate of drug-likeness (QED) is 0.775. The summed E-state index contributed by atoms with van der Waals surface area (Å²) in [7, 11) is 0. The largest absolute Gasteiger partial charge is 0.350 e. The van der Waals surface area contributed by atoms with Crippen LogP contribution < -0.4 is 5.32 Å². The van der Waals surface area contributed by atoms with Crippen molar-refractivity contribution in [2.45, 2.75) is 6.54 Å². The van der Waals surface area contributed by atoms with Crippen molar-refractivity contribution in [3.05, 3.63) is 47.0 Å². The topological polar surface area (TPSA) is 51.3 Å². The third kappa shape index (κ3) is 2.02. The summed E-state index contributed by atoms with van der Waals surface area (Å²) in [5.74, 6) is -0.0123. The second-order valence-corrected chi connectivity index (χ2v) is 4.81. The van der Waals surface area contributed by atoms with Crippen molar-refractivity contribution in [3.63, 3.8) is 0 Å². The number of carbonyl (C=O) groups is 1. The first-order chi connectivity index (χ1) is 8.84. The van der Waals surface area contributed by atoms with Gasteiger partial charge in [0.15, 0.2) is 0 Å². The van der Waals surface area contributed by atoms with Crippen molar-refractivity contribution >= 4 is 22.9 Å². The molecule has 0 radical (unpaired) electrons. The Morgan fingerprint density at radius 1 is 1.39 bits per heavy atom. The molecule has 3 heterocycles. The molecule has 1 N–H and O–H groups in total. The van der Waals surface area contributed by atoms with Crippen LogP contribution in [0.5, 0.6) is 0 Å². The summed E-state index contributed by atoms with van der Waals surface area (Å²) in [6.07, 6.45) is 5.62. The van der Waals surface area contributed by atoms with Gasteiger partial charge in [-0.3, -0.25) is 4.79 Å². The van der Waals surface area contributed by atoms with Crippen molar-refractivity contribution in [2.75, 3.05) is 6.54 Å². The molecule has 5 nitrogen and oxygen atoms in total. The molecule has 1 amide bonds. The highest BCUT2D eigenvalue weighted by molar-refractivity contribution is 7.12. The number of nitrogens with zero attached hydrogens (tertiary/aromatic N) is 3. The molecule has 0 spiro atoms. The highest BCUT2D eigenvalue weighted by Crippen LogP contribution is 2.07. The van der Waals surface area contributed by atoms with Crippen LogP contribution in [0.15, 0.2) is 42.2 Å². The molecule has 92 valence electrons. The first-order valence-corrected chi connectivity index (χ1v) is 6.53. The summed E-state index contributed by atoms with van der Waals surface area (Å²) < 4.78 is 3.86. The zero-order chi connectivity index (χ0) is 12.4. The van der Waals surface area contributed by atoms with Crippen LogP contribution in [0.1, 0.15) is 9.67 Å². The fourth-order valence-corrected chi connectivity index (χ4v) is 2.48. The maximum Gasteiger partial charge on any atom is 0.261 e. The van der Waals surface area contributed by atoms with Gasteiger partial charge in [0.25, 0.3) is 5.91 Å². The lowest BCUT2D eigenvalue weighted by molar-refractivity contribution is 0.0956. The molecule has 3 rings (SSSR count). The SMILES string of the molecule is O=C(NCCn1ccn2nccc12)c1cccs1. The number of nitrogens with one attached hydrogen (secondary N) is 1. The molecule has 0 fully saturated rings. The smallest absolute Gasteiger partial charge is 0.261 e. The molecular weight excluding hydrogens is 248 g/mol. The molecule has 18 heavy (non-hydrogen) atoms. The Kier molecular flexibility index (Phi) is 2.85. The van der Waals surface area contributed by atoms with Gasteiger partial charge >= 0.3 is 0 Å². The first-order valence-electron chi connectivity index (χ1n) is 5.65.